The molecule has 1 amide bonds. The highest BCUT2D eigenvalue weighted by molar-refractivity contribution is 5.68. The van der Waals surface area contributed by atoms with Gasteiger partial charge in [-0.1, -0.05) is 6.07 Å². The van der Waals surface area contributed by atoms with Crippen LogP contribution in [0.1, 0.15) is 40.0 Å². The van der Waals surface area contributed by atoms with Crippen LogP contribution >= 0.6 is 0 Å². The summed E-state index contributed by atoms with van der Waals surface area (Å²) in [6.07, 6.45) is 2.75. The molecule has 0 spiro atoms. The number of amides is 1. The molecule has 1 unspecified atom stereocenters. The third-order valence-corrected chi connectivity index (χ3v) is 3.62. The Morgan fingerprint density at radius 3 is 2.86 bits per heavy atom. The number of nitrogens with one attached hydrogen (secondary N) is 1. The number of hydrogen-bond acceptors (Lipinski definition) is 3. The lowest BCUT2D eigenvalue weighted by Gasteiger charge is -2.37. The highest BCUT2D eigenvalue weighted by atomic mass is 19.1. The Kier molecular flexibility index (Phi) is 5.27. The molecule has 1 atom stereocenters. The minimum absolute atomic E-state index is 0.0758. The quantitative estimate of drug-likeness (QED) is 0.916. The van der Waals surface area contributed by atoms with E-state index in [0.29, 0.717) is 13.1 Å². The molecule has 1 fully saturated rings. The molecule has 1 aromatic carbocycles. The molecule has 1 heterocycles. The first-order valence-electron chi connectivity index (χ1n) is 7.84. The molecule has 0 radical (unpaired) electrons. The van der Waals surface area contributed by atoms with E-state index in [-0.39, 0.29) is 18.0 Å². The summed E-state index contributed by atoms with van der Waals surface area (Å²) in [5.74, 6) is -0.266. The molecule has 1 aliphatic heterocycles. The Morgan fingerprint density at radius 2 is 2.18 bits per heavy atom. The van der Waals surface area contributed by atoms with Crippen LogP contribution in [0.25, 0.3) is 0 Å². The number of hydrogen-bond donors (Lipinski definition) is 1. The number of rotatable bonds is 3. The summed E-state index contributed by atoms with van der Waals surface area (Å²) in [5, 5.41) is 3.21. The minimum Gasteiger partial charge on any atom is -0.444 e. The van der Waals surface area contributed by atoms with Gasteiger partial charge < -0.3 is 15.0 Å². The summed E-state index contributed by atoms with van der Waals surface area (Å²) in [6, 6.07) is 6.44. The van der Waals surface area contributed by atoms with Crippen molar-refractivity contribution in [3.8, 4) is 0 Å². The molecule has 1 aromatic rings. The molecule has 1 N–H and O–H groups in total. The van der Waals surface area contributed by atoms with Crippen molar-refractivity contribution in [2.45, 2.75) is 51.7 Å². The van der Waals surface area contributed by atoms with Crippen molar-refractivity contribution < 1.29 is 13.9 Å². The molecule has 0 aromatic heterocycles. The lowest BCUT2D eigenvalue weighted by Crippen LogP contribution is -2.48. The van der Waals surface area contributed by atoms with E-state index in [1.165, 1.54) is 12.1 Å². The fraction of sp³-hybridized carbons (Fsp3) is 0.588. The van der Waals surface area contributed by atoms with Gasteiger partial charge in [0.1, 0.15) is 11.4 Å². The third kappa shape index (κ3) is 4.90. The maximum absolute atomic E-state index is 13.2. The molecule has 2 rings (SSSR count). The zero-order valence-electron chi connectivity index (χ0n) is 13.6. The number of halogens is 1. The maximum Gasteiger partial charge on any atom is 0.410 e. The van der Waals surface area contributed by atoms with Crippen LogP contribution in [0.15, 0.2) is 24.3 Å². The van der Waals surface area contributed by atoms with E-state index < -0.39 is 5.60 Å². The van der Waals surface area contributed by atoms with Crippen molar-refractivity contribution in [2.24, 2.45) is 0 Å². The van der Waals surface area contributed by atoms with Crippen LogP contribution in [0.3, 0.4) is 0 Å². The van der Waals surface area contributed by atoms with Gasteiger partial charge in [-0.15, -0.1) is 0 Å². The Balaban J connectivity index is 1.96. The molecule has 1 aliphatic rings. The van der Waals surface area contributed by atoms with Gasteiger partial charge in [0.25, 0.3) is 0 Å². The average molecular weight is 308 g/mol. The number of carbonyl (C=O) groups excluding carboxylic acids is 1. The van der Waals surface area contributed by atoms with Gasteiger partial charge in [0.15, 0.2) is 0 Å². The van der Waals surface area contributed by atoms with Gasteiger partial charge in [0.05, 0.1) is 6.04 Å². The number of piperidine rings is 1. The van der Waals surface area contributed by atoms with Gasteiger partial charge in [-0.3, -0.25) is 0 Å². The zero-order valence-corrected chi connectivity index (χ0v) is 13.6. The van der Waals surface area contributed by atoms with Gasteiger partial charge in [0, 0.05) is 18.8 Å². The molecule has 22 heavy (non-hydrogen) atoms. The summed E-state index contributed by atoms with van der Waals surface area (Å²) in [7, 11) is 0. The van der Waals surface area contributed by atoms with E-state index in [1.807, 2.05) is 26.8 Å². The van der Waals surface area contributed by atoms with Gasteiger partial charge in [-0.2, -0.15) is 0 Å². The Hall–Kier alpha value is -1.78. The van der Waals surface area contributed by atoms with Crippen LogP contribution in [0, 0.1) is 5.82 Å². The van der Waals surface area contributed by atoms with Gasteiger partial charge in [-0.05, 0) is 58.2 Å². The molecule has 1 saturated heterocycles. The van der Waals surface area contributed by atoms with Gasteiger partial charge in [0.2, 0.25) is 0 Å². The van der Waals surface area contributed by atoms with Crippen LogP contribution < -0.4 is 5.32 Å². The Bertz CT molecular complexity index is 514. The molecule has 0 saturated carbocycles. The van der Waals surface area contributed by atoms with E-state index in [0.717, 1.165) is 24.9 Å². The fourth-order valence-corrected chi connectivity index (χ4v) is 2.61. The monoisotopic (exact) mass is 308 g/mol. The lowest BCUT2D eigenvalue weighted by atomic mass is 10.0. The van der Waals surface area contributed by atoms with Crippen LogP contribution in [-0.2, 0) is 4.74 Å². The SMILES string of the molecule is CC(C)(C)OC(=O)N1CCCCC1CNc1cccc(F)c1. The number of nitrogens with zero attached hydrogens (tertiary/aromatic N) is 1. The van der Waals surface area contributed by atoms with Crippen molar-refractivity contribution in [2.75, 3.05) is 18.4 Å². The Morgan fingerprint density at radius 1 is 1.41 bits per heavy atom. The largest absolute Gasteiger partial charge is 0.444 e. The zero-order chi connectivity index (χ0) is 16.2. The average Bonchev–Trinajstić information content (AvgIpc) is 2.44. The van der Waals surface area contributed by atoms with Crippen LogP contribution in [0.4, 0.5) is 14.9 Å². The van der Waals surface area contributed by atoms with Gasteiger partial charge >= 0.3 is 6.09 Å². The van der Waals surface area contributed by atoms with Crippen LogP contribution in [-0.4, -0.2) is 35.7 Å². The second-order valence-corrected chi connectivity index (χ2v) is 6.71. The fourth-order valence-electron chi connectivity index (χ4n) is 2.61. The smallest absolute Gasteiger partial charge is 0.410 e. The molecular weight excluding hydrogens is 283 g/mol. The predicted octanol–water partition coefficient (Wildman–Crippen LogP) is 4.03. The van der Waals surface area contributed by atoms with Crippen molar-refractivity contribution >= 4 is 11.8 Å². The van der Waals surface area contributed by atoms with E-state index >= 15 is 0 Å². The molecule has 122 valence electrons. The summed E-state index contributed by atoms with van der Waals surface area (Å²) >= 11 is 0. The molecular formula is C17H25FN2O2. The highest BCUT2D eigenvalue weighted by Gasteiger charge is 2.30. The number of benzene rings is 1. The first-order valence-corrected chi connectivity index (χ1v) is 7.84. The number of ether oxygens (including phenoxy) is 1. The third-order valence-electron chi connectivity index (χ3n) is 3.62. The molecule has 0 aliphatic carbocycles. The first-order chi connectivity index (χ1) is 10.3. The van der Waals surface area contributed by atoms with E-state index in [2.05, 4.69) is 5.32 Å². The Labute approximate surface area is 131 Å². The van der Waals surface area contributed by atoms with E-state index in [9.17, 15) is 9.18 Å². The second-order valence-electron chi connectivity index (χ2n) is 6.71. The molecule has 4 nitrogen and oxygen atoms in total. The van der Waals surface area contributed by atoms with E-state index in [4.69, 9.17) is 4.74 Å². The van der Waals surface area contributed by atoms with Crippen molar-refractivity contribution in [1.29, 1.82) is 0 Å². The summed E-state index contributed by atoms with van der Waals surface area (Å²) in [5.41, 5.74) is 0.240. The highest BCUT2D eigenvalue weighted by Crippen LogP contribution is 2.21. The van der Waals surface area contributed by atoms with Crippen molar-refractivity contribution in [3.63, 3.8) is 0 Å². The van der Waals surface area contributed by atoms with Crippen LogP contribution in [0.5, 0.6) is 0 Å². The maximum atomic E-state index is 13.2. The van der Waals surface area contributed by atoms with Crippen molar-refractivity contribution in [3.05, 3.63) is 30.1 Å². The first kappa shape index (κ1) is 16.6. The minimum atomic E-state index is -0.491. The lowest BCUT2D eigenvalue weighted by molar-refractivity contribution is 0.0114. The van der Waals surface area contributed by atoms with Crippen LogP contribution in [0.2, 0.25) is 0 Å². The van der Waals surface area contributed by atoms with Crippen molar-refractivity contribution in [1.82, 2.24) is 4.90 Å². The summed E-state index contributed by atoms with van der Waals surface area (Å²) in [4.78, 5) is 14.1. The summed E-state index contributed by atoms with van der Waals surface area (Å²) in [6.45, 7) is 6.92. The van der Waals surface area contributed by atoms with Gasteiger partial charge in [-0.25, -0.2) is 9.18 Å². The molecule has 0 bridgehead atoms. The normalized spacial score (nSPS) is 18.9. The topological polar surface area (TPSA) is 41.6 Å². The van der Waals surface area contributed by atoms with E-state index in [1.54, 1.807) is 11.0 Å². The summed E-state index contributed by atoms with van der Waals surface area (Å²) < 4.78 is 18.7. The number of carbonyl (C=O) groups is 1. The second kappa shape index (κ2) is 6.99. The standard InChI is InChI=1S/C17H25FN2O2/c1-17(2,3)22-16(21)20-10-5-4-9-15(20)12-19-14-8-6-7-13(18)11-14/h6-8,11,15,19H,4-5,9-10,12H2,1-3H3. The number of likely N-dealkylation sites (tertiary alicyclic amines) is 1. The predicted molar refractivity (Wildman–Crippen MR) is 85.5 cm³/mol. The number of anilines is 1. The molecule has 5 heteroatoms.